The number of benzene rings is 1. The van der Waals surface area contributed by atoms with Gasteiger partial charge < -0.3 is 19.3 Å². The van der Waals surface area contributed by atoms with E-state index >= 15 is 0 Å². The topological polar surface area (TPSA) is 47.9 Å². The molecule has 1 aromatic carbocycles. The van der Waals surface area contributed by atoms with Crippen molar-refractivity contribution in [2.24, 2.45) is 0 Å². The van der Waals surface area contributed by atoms with Crippen LogP contribution in [0, 0.1) is 6.92 Å². The van der Waals surface area contributed by atoms with Crippen molar-refractivity contribution < 1.29 is 19.3 Å². The van der Waals surface area contributed by atoms with Crippen molar-refractivity contribution in [3.05, 3.63) is 23.3 Å². The minimum Gasteiger partial charge on any atom is -0.486 e. The average molecular weight is 264 g/mol. The molecule has 4 nitrogen and oxygen atoms in total. The Morgan fingerprint density at radius 2 is 1.84 bits per heavy atom. The van der Waals surface area contributed by atoms with Crippen LogP contribution in [0.2, 0.25) is 0 Å². The number of aryl methyl sites for hydroxylation is 1. The monoisotopic (exact) mass is 264 g/mol. The van der Waals surface area contributed by atoms with Crippen molar-refractivity contribution in [1.29, 1.82) is 0 Å². The van der Waals surface area contributed by atoms with Gasteiger partial charge in [0, 0.05) is 12.0 Å². The highest BCUT2D eigenvalue weighted by Crippen LogP contribution is 2.43. The van der Waals surface area contributed by atoms with Crippen molar-refractivity contribution in [2.75, 3.05) is 33.0 Å². The molecule has 0 amide bonds. The molecule has 104 valence electrons. The minimum absolute atomic E-state index is 0.0443. The van der Waals surface area contributed by atoms with Gasteiger partial charge in [0.25, 0.3) is 0 Å². The Bertz CT molecular complexity index is 465. The van der Waals surface area contributed by atoms with Crippen LogP contribution < -0.4 is 9.47 Å². The molecule has 0 radical (unpaired) electrons. The summed E-state index contributed by atoms with van der Waals surface area (Å²) >= 11 is 0. The summed E-state index contributed by atoms with van der Waals surface area (Å²) in [6.45, 7) is 5.01. The Balaban J connectivity index is 1.94. The van der Waals surface area contributed by atoms with Gasteiger partial charge in [-0.05, 0) is 43.0 Å². The molecule has 0 atom stereocenters. The Hall–Kier alpha value is -1.26. The molecule has 4 heteroatoms. The van der Waals surface area contributed by atoms with E-state index in [9.17, 15) is 0 Å². The third-order valence-corrected chi connectivity index (χ3v) is 4.03. The number of ether oxygens (including phenoxy) is 3. The zero-order chi connectivity index (χ0) is 13.3. The number of aliphatic hydroxyl groups excluding tert-OH is 1. The molecule has 19 heavy (non-hydrogen) atoms. The molecule has 0 bridgehead atoms. The quantitative estimate of drug-likeness (QED) is 0.901. The van der Waals surface area contributed by atoms with Gasteiger partial charge >= 0.3 is 0 Å². The molecule has 1 N–H and O–H groups in total. The van der Waals surface area contributed by atoms with E-state index in [0.29, 0.717) is 13.2 Å². The van der Waals surface area contributed by atoms with Gasteiger partial charge in [-0.25, -0.2) is 0 Å². The summed E-state index contributed by atoms with van der Waals surface area (Å²) in [4.78, 5) is 0. The van der Waals surface area contributed by atoms with E-state index in [0.717, 1.165) is 37.6 Å². The van der Waals surface area contributed by atoms with Gasteiger partial charge in [0.1, 0.15) is 13.2 Å². The molecule has 0 saturated carbocycles. The maximum absolute atomic E-state index is 9.07. The lowest BCUT2D eigenvalue weighted by atomic mass is 9.73. The SMILES string of the molecule is Cc1cc2c(cc1C1(CCCO)COC1)OCCO2. The van der Waals surface area contributed by atoms with E-state index in [1.54, 1.807) is 0 Å². The van der Waals surface area contributed by atoms with Gasteiger partial charge in [0.15, 0.2) is 11.5 Å². The van der Waals surface area contributed by atoms with Crippen LogP contribution in [0.5, 0.6) is 11.5 Å². The second-order valence-electron chi connectivity index (χ2n) is 5.41. The Morgan fingerprint density at radius 1 is 1.16 bits per heavy atom. The maximum Gasteiger partial charge on any atom is 0.161 e. The van der Waals surface area contributed by atoms with Crippen LogP contribution in [-0.4, -0.2) is 38.1 Å². The van der Waals surface area contributed by atoms with E-state index in [-0.39, 0.29) is 12.0 Å². The number of hydrogen-bond donors (Lipinski definition) is 1. The lowest BCUT2D eigenvalue weighted by Gasteiger charge is -2.43. The Labute approximate surface area is 113 Å². The van der Waals surface area contributed by atoms with Gasteiger partial charge in [-0.1, -0.05) is 0 Å². The van der Waals surface area contributed by atoms with Crippen molar-refractivity contribution in [3.63, 3.8) is 0 Å². The van der Waals surface area contributed by atoms with E-state index in [2.05, 4.69) is 19.1 Å². The molecule has 2 aliphatic rings. The van der Waals surface area contributed by atoms with Crippen molar-refractivity contribution in [3.8, 4) is 11.5 Å². The standard InChI is InChI=1S/C15H20O4/c1-11-7-13-14(19-6-5-18-13)8-12(11)15(3-2-4-16)9-17-10-15/h7-8,16H,2-6,9-10H2,1H3. The molecule has 1 saturated heterocycles. The third-order valence-electron chi connectivity index (χ3n) is 4.03. The second-order valence-corrected chi connectivity index (χ2v) is 5.41. The number of fused-ring (bicyclic) bond motifs is 1. The third kappa shape index (κ3) is 2.19. The van der Waals surface area contributed by atoms with Crippen LogP contribution in [-0.2, 0) is 10.2 Å². The Kier molecular flexibility index (Phi) is 3.37. The van der Waals surface area contributed by atoms with Crippen molar-refractivity contribution in [1.82, 2.24) is 0 Å². The van der Waals surface area contributed by atoms with Crippen LogP contribution in [0.3, 0.4) is 0 Å². The van der Waals surface area contributed by atoms with E-state index < -0.39 is 0 Å². The zero-order valence-corrected chi connectivity index (χ0v) is 11.3. The highest BCUT2D eigenvalue weighted by atomic mass is 16.6. The first-order chi connectivity index (χ1) is 9.25. The molecule has 1 fully saturated rings. The van der Waals surface area contributed by atoms with Gasteiger partial charge in [0.2, 0.25) is 0 Å². The molecule has 2 aliphatic heterocycles. The molecule has 0 aliphatic carbocycles. The number of rotatable bonds is 4. The van der Waals surface area contributed by atoms with E-state index in [1.807, 2.05) is 0 Å². The highest BCUT2D eigenvalue weighted by molar-refractivity contribution is 5.50. The van der Waals surface area contributed by atoms with Crippen LogP contribution in [0.1, 0.15) is 24.0 Å². The number of hydrogen-bond acceptors (Lipinski definition) is 4. The molecule has 3 rings (SSSR count). The van der Waals surface area contributed by atoms with Crippen LogP contribution in [0.25, 0.3) is 0 Å². The van der Waals surface area contributed by atoms with Gasteiger partial charge in [-0.3, -0.25) is 0 Å². The summed E-state index contributed by atoms with van der Waals surface area (Å²) in [7, 11) is 0. The van der Waals surface area contributed by atoms with Gasteiger partial charge in [0.05, 0.1) is 13.2 Å². The van der Waals surface area contributed by atoms with Gasteiger partial charge in [-0.15, -0.1) is 0 Å². The minimum atomic E-state index is 0.0443. The Morgan fingerprint density at radius 3 is 2.42 bits per heavy atom. The molecule has 0 spiro atoms. The molecule has 2 heterocycles. The van der Waals surface area contributed by atoms with E-state index in [4.69, 9.17) is 19.3 Å². The molecular formula is C15H20O4. The fraction of sp³-hybridized carbons (Fsp3) is 0.600. The fourth-order valence-electron chi connectivity index (χ4n) is 2.96. The first kappa shape index (κ1) is 12.8. The summed E-state index contributed by atoms with van der Waals surface area (Å²) in [5.74, 6) is 1.67. The lowest BCUT2D eigenvalue weighted by Crippen LogP contribution is -2.47. The van der Waals surface area contributed by atoms with Crippen LogP contribution in [0.4, 0.5) is 0 Å². The fourth-order valence-corrected chi connectivity index (χ4v) is 2.96. The van der Waals surface area contributed by atoms with Crippen LogP contribution in [0.15, 0.2) is 12.1 Å². The number of aliphatic hydroxyl groups is 1. The maximum atomic E-state index is 9.07. The zero-order valence-electron chi connectivity index (χ0n) is 11.3. The normalized spacial score (nSPS) is 19.9. The summed E-state index contributed by atoms with van der Waals surface area (Å²) < 4.78 is 16.7. The van der Waals surface area contributed by atoms with Crippen molar-refractivity contribution in [2.45, 2.75) is 25.2 Å². The lowest BCUT2D eigenvalue weighted by molar-refractivity contribution is -0.0669. The highest BCUT2D eigenvalue weighted by Gasteiger charge is 2.41. The predicted molar refractivity (Wildman–Crippen MR) is 71.0 cm³/mol. The predicted octanol–water partition coefficient (Wildman–Crippen LogP) is 1.81. The van der Waals surface area contributed by atoms with Crippen molar-refractivity contribution >= 4 is 0 Å². The van der Waals surface area contributed by atoms with E-state index in [1.165, 1.54) is 11.1 Å². The summed E-state index contributed by atoms with van der Waals surface area (Å²) in [6, 6.07) is 4.16. The summed E-state index contributed by atoms with van der Waals surface area (Å²) in [6.07, 6.45) is 1.75. The summed E-state index contributed by atoms with van der Waals surface area (Å²) in [5.41, 5.74) is 2.53. The smallest absolute Gasteiger partial charge is 0.161 e. The average Bonchev–Trinajstić information content (AvgIpc) is 2.38. The second kappa shape index (κ2) is 5.02. The first-order valence-electron chi connectivity index (χ1n) is 6.84. The molecule has 0 aromatic heterocycles. The largest absolute Gasteiger partial charge is 0.486 e. The van der Waals surface area contributed by atoms with Crippen LogP contribution >= 0.6 is 0 Å². The molecule has 0 unspecified atom stereocenters. The molecular weight excluding hydrogens is 244 g/mol. The molecule has 1 aromatic rings. The summed E-state index contributed by atoms with van der Waals surface area (Å²) in [5, 5.41) is 9.07. The first-order valence-corrected chi connectivity index (χ1v) is 6.84. The van der Waals surface area contributed by atoms with Gasteiger partial charge in [-0.2, -0.15) is 0 Å².